The zero-order valence-electron chi connectivity index (χ0n) is 24.1. The first-order valence-electron chi connectivity index (χ1n) is 14.9. The van der Waals surface area contributed by atoms with Gasteiger partial charge in [-0.05, 0) is 69.8 Å². The van der Waals surface area contributed by atoms with Gasteiger partial charge in [-0.2, -0.15) is 0 Å². The van der Waals surface area contributed by atoms with Crippen molar-refractivity contribution in [1.82, 2.24) is 0 Å². The molecule has 0 radical (unpaired) electrons. The lowest BCUT2D eigenvalue weighted by Gasteiger charge is -2.26. The molecule has 208 valence electrons. The normalized spacial score (nSPS) is 11.2. The molecule has 44 heavy (non-hydrogen) atoms. The van der Waals surface area contributed by atoms with Crippen molar-refractivity contribution in [1.29, 1.82) is 0 Å². The highest BCUT2D eigenvalue weighted by molar-refractivity contribution is 6.15. The standard InChI is InChI=1S/C42H29NO/c1-4-12-30(13-5-1)32-22-26-35(27-23-32)43(36-28-24-33(25-29-36)31-14-6-2-7-15-31)39-20-10-19-38-41-37(34-16-8-3-9-17-34)18-11-21-40(41)44-42(38)39/h1-29H. The number of nitrogens with zero attached hydrogens (tertiary/aromatic N) is 1. The lowest BCUT2D eigenvalue weighted by Crippen LogP contribution is -2.10. The SMILES string of the molecule is c1ccc(-c2ccc(N(c3ccc(-c4ccccc4)cc3)c3cccc4c3oc3cccc(-c5ccccc5)c34)cc2)cc1. The van der Waals surface area contributed by atoms with E-state index < -0.39 is 0 Å². The third-order valence-corrected chi connectivity index (χ3v) is 8.29. The number of furan rings is 1. The first kappa shape index (κ1) is 25.8. The van der Waals surface area contributed by atoms with Gasteiger partial charge in [-0.1, -0.05) is 140 Å². The lowest BCUT2D eigenvalue weighted by molar-refractivity contribution is 0.669. The second kappa shape index (κ2) is 11.1. The van der Waals surface area contributed by atoms with Crippen LogP contribution >= 0.6 is 0 Å². The summed E-state index contributed by atoms with van der Waals surface area (Å²) in [6.45, 7) is 0. The van der Waals surface area contributed by atoms with E-state index in [0.29, 0.717) is 0 Å². The molecule has 7 aromatic carbocycles. The van der Waals surface area contributed by atoms with Gasteiger partial charge in [-0.3, -0.25) is 0 Å². The van der Waals surface area contributed by atoms with Gasteiger partial charge < -0.3 is 9.32 Å². The van der Waals surface area contributed by atoms with Gasteiger partial charge in [0.25, 0.3) is 0 Å². The first-order chi connectivity index (χ1) is 21.8. The Morgan fingerprint density at radius 3 is 1.39 bits per heavy atom. The summed E-state index contributed by atoms with van der Waals surface area (Å²) in [5.41, 5.74) is 12.0. The molecule has 0 saturated heterocycles. The van der Waals surface area contributed by atoms with E-state index in [-0.39, 0.29) is 0 Å². The fraction of sp³-hybridized carbons (Fsp3) is 0. The van der Waals surface area contributed by atoms with E-state index in [2.05, 4.69) is 181 Å². The lowest BCUT2D eigenvalue weighted by atomic mass is 9.99. The molecule has 0 unspecified atom stereocenters. The quantitative estimate of drug-likeness (QED) is 0.200. The number of fused-ring (bicyclic) bond motifs is 3. The minimum Gasteiger partial charge on any atom is -0.454 e. The Kier molecular flexibility index (Phi) is 6.51. The maximum absolute atomic E-state index is 6.71. The molecule has 0 saturated carbocycles. The fourth-order valence-electron chi connectivity index (χ4n) is 6.16. The summed E-state index contributed by atoms with van der Waals surface area (Å²) in [7, 11) is 0. The van der Waals surface area contributed by atoms with Crippen LogP contribution in [0.25, 0.3) is 55.3 Å². The van der Waals surface area contributed by atoms with E-state index in [9.17, 15) is 0 Å². The van der Waals surface area contributed by atoms with E-state index in [1.54, 1.807) is 0 Å². The van der Waals surface area contributed by atoms with E-state index in [0.717, 1.165) is 39.0 Å². The summed E-state index contributed by atoms with van der Waals surface area (Å²) in [6.07, 6.45) is 0. The molecule has 0 N–H and O–H groups in total. The molecule has 0 fully saturated rings. The van der Waals surface area contributed by atoms with Gasteiger partial charge in [0.15, 0.2) is 5.58 Å². The van der Waals surface area contributed by atoms with Crippen LogP contribution in [0.5, 0.6) is 0 Å². The Balaban J connectivity index is 1.31. The van der Waals surface area contributed by atoms with Crippen molar-refractivity contribution in [2.45, 2.75) is 0 Å². The van der Waals surface area contributed by atoms with Gasteiger partial charge in [0.2, 0.25) is 0 Å². The molecule has 0 amide bonds. The maximum Gasteiger partial charge on any atom is 0.159 e. The molecule has 1 aromatic heterocycles. The molecule has 1 heterocycles. The number of hydrogen-bond acceptors (Lipinski definition) is 2. The third kappa shape index (κ3) is 4.63. The van der Waals surface area contributed by atoms with Crippen molar-refractivity contribution >= 4 is 39.0 Å². The highest BCUT2D eigenvalue weighted by atomic mass is 16.3. The number of hydrogen-bond donors (Lipinski definition) is 0. The number of para-hydroxylation sites is 1. The van der Waals surface area contributed by atoms with Crippen LogP contribution in [0.3, 0.4) is 0 Å². The van der Waals surface area contributed by atoms with Crippen molar-refractivity contribution in [3.8, 4) is 33.4 Å². The fourth-order valence-corrected chi connectivity index (χ4v) is 6.16. The highest BCUT2D eigenvalue weighted by Crippen LogP contribution is 2.44. The van der Waals surface area contributed by atoms with Crippen LogP contribution in [0.1, 0.15) is 0 Å². The largest absolute Gasteiger partial charge is 0.454 e. The monoisotopic (exact) mass is 563 g/mol. The summed E-state index contributed by atoms with van der Waals surface area (Å²) < 4.78 is 6.71. The summed E-state index contributed by atoms with van der Waals surface area (Å²) in [4.78, 5) is 2.30. The minimum atomic E-state index is 0.866. The molecule has 0 aliphatic rings. The van der Waals surface area contributed by atoms with Crippen LogP contribution in [0.4, 0.5) is 17.1 Å². The van der Waals surface area contributed by atoms with Crippen molar-refractivity contribution in [3.05, 3.63) is 176 Å². The number of benzene rings is 7. The van der Waals surface area contributed by atoms with Gasteiger partial charge in [-0.25, -0.2) is 0 Å². The second-order valence-corrected chi connectivity index (χ2v) is 11.0. The average Bonchev–Trinajstić information content (AvgIpc) is 3.50. The number of rotatable bonds is 6. The molecule has 0 spiro atoms. The maximum atomic E-state index is 6.71. The molecule has 0 bridgehead atoms. The van der Waals surface area contributed by atoms with Crippen LogP contribution in [0, 0.1) is 0 Å². The molecule has 2 nitrogen and oxygen atoms in total. The van der Waals surface area contributed by atoms with Crippen LogP contribution < -0.4 is 4.90 Å². The van der Waals surface area contributed by atoms with Gasteiger partial charge in [0.1, 0.15) is 5.58 Å². The Morgan fingerprint density at radius 2 is 0.841 bits per heavy atom. The molecule has 0 aliphatic carbocycles. The van der Waals surface area contributed by atoms with Gasteiger partial charge in [0.05, 0.1) is 5.69 Å². The Morgan fingerprint density at radius 1 is 0.364 bits per heavy atom. The Bertz CT molecular complexity index is 2100. The molecule has 8 aromatic rings. The van der Waals surface area contributed by atoms with Crippen LogP contribution in [-0.2, 0) is 0 Å². The molecule has 2 heteroatoms. The van der Waals surface area contributed by atoms with Crippen molar-refractivity contribution in [3.63, 3.8) is 0 Å². The van der Waals surface area contributed by atoms with Gasteiger partial charge in [0, 0.05) is 22.1 Å². The van der Waals surface area contributed by atoms with E-state index in [1.165, 1.54) is 33.4 Å². The minimum absolute atomic E-state index is 0.866. The van der Waals surface area contributed by atoms with Gasteiger partial charge in [-0.15, -0.1) is 0 Å². The zero-order valence-corrected chi connectivity index (χ0v) is 24.1. The molecule has 8 rings (SSSR count). The summed E-state index contributed by atoms with van der Waals surface area (Å²) in [5, 5.41) is 2.23. The van der Waals surface area contributed by atoms with Crippen LogP contribution in [0.2, 0.25) is 0 Å². The van der Waals surface area contributed by atoms with Crippen LogP contribution in [0.15, 0.2) is 180 Å². The molecular weight excluding hydrogens is 534 g/mol. The summed E-state index contributed by atoms with van der Waals surface area (Å²) in [6, 6.07) is 61.9. The molecular formula is C42H29NO. The van der Waals surface area contributed by atoms with Crippen molar-refractivity contribution in [2.24, 2.45) is 0 Å². The van der Waals surface area contributed by atoms with E-state index >= 15 is 0 Å². The number of anilines is 3. The zero-order chi connectivity index (χ0) is 29.3. The smallest absolute Gasteiger partial charge is 0.159 e. The predicted molar refractivity (Wildman–Crippen MR) is 185 cm³/mol. The summed E-state index contributed by atoms with van der Waals surface area (Å²) in [5.74, 6) is 0. The van der Waals surface area contributed by atoms with Gasteiger partial charge >= 0.3 is 0 Å². The topological polar surface area (TPSA) is 16.4 Å². The van der Waals surface area contributed by atoms with Crippen molar-refractivity contribution < 1.29 is 4.42 Å². The first-order valence-corrected chi connectivity index (χ1v) is 14.9. The molecule has 0 aliphatic heterocycles. The molecule has 0 atom stereocenters. The Hall–Kier alpha value is -5.86. The third-order valence-electron chi connectivity index (χ3n) is 8.29. The van der Waals surface area contributed by atoms with Crippen LogP contribution in [-0.4, -0.2) is 0 Å². The summed E-state index contributed by atoms with van der Waals surface area (Å²) >= 11 is 0. The van der Waals surface area contributed by atoms with E-state index in [1.807, 2.05) is 0 Å². The highest BCUT2D eigenvalue weighted by Gasteiger charge is 2.21. The second-order valence-electron chi connectivity index (χ2n) is 11.0. The Labute approximate surface area is 257 Å². The average molecular weight is 564 g/mol. The van der Waals surface area contributed by atoms with Crippen molar-refractivity contribution in [2.75, 3.05) is 4.90 Å². The van der Waals surface area contributed by atoms with E-state index in [4.69, 9.17) is 4.42 Å². The predicted octanol–water partition coefficient (Wildman–Crippen LogP) is 12.1.